The first kappa shape index (κ1) is 21.8. The molecule has 0 aromatic heterocycles. The Bertz CT molecular complexity index is 697. The van der Waals surface area contributed by atoms with Crippen molar-refractivity contribution in [3.63, 3.8) is 0 Å². The maximum atomic E-state index is 5.75. The zero-order valence-electron chi connectivity index (χ0n) is 18.5. The lowest BCUT2D eigenvalue weighted by atomic mass is 9.83. The van der Waals surface area contributed by atoms with Gasteiger partial charge in [-0.3, -0.25) is 4.99 Å². The number of nitrogens with one attached hydrogen (secondary N) is 2. The Kier molecular flexibility index (Phi) is 7.28. The van der Waals surface area contributed by atoms with E-state index in [1.54, 1.807) is 7.11 Å². The van der Waals surface area contributed by atoms with Gasteiger partial charge in [-0.2, -0.15) is 0 Å². The third kappa shape index (κ3) is 5.56. The Morgan fingerprint density at radius 1 is 1.14 bits per heavy atom. The van der Waals surface area contributed by atoms with Gasteiger partial charge in [0.2, 0.25) is 0 Å². The van der Waals surface area contributed by atoms with Crippen LogP contribution in [0.15, 0.2) is 23.2 Å². The number of aliphatic imine (C=N–C) groups is 1. The first-order chi connectivity index (χ1) is 14.0. The number of hydrogen-bond donors (Lipinski definition) is 2. The van der Waals surface area contributed by atoms with Gasteiger partial charge < -0.3 is 24.8 Å². The summed E-state index contributed by atoms with van der Waals surface area (Å²) in [6.07, 6.45) is 6.27. The molecule has 0 unspecified atom stereocenters. The molecule has 29 heavy (non-hydrogen) atoms. The predicted octanol–water partition coefficient (Wildman–Crippen LogP) is 3.50. The number of rotatable bonds is 8. The Balaban J connectivity index is 1.56. The van der Waals surface area contributed by atoms with Crippen molar-refractivity contribution >= 4 is 5.96 Å². The fraction of sp³-hybridized carbons (Fsp3) is 0.696. The Morgan fingerprint density at radius 2 is 1.86 bits per heavy atom. The van der Waals surface area contributed by atoms with Crippen molar-refractivity contribution < 1.29 is 14.2 Å². The van der Waals surface area contributed by atoms with Crippen molar-refractivity contribution in [3.05, 3.63) is 23.8 Å². The summed E-state index contributed by atoms with van der Waals surface area (Å²) in [6, 6.07) is 6.24. The highest BCUT2D eigenvalue weighted by Gasteiger charge is 2.33. The fourth-order valence-corrected chi connectivity index (χ4v) is 4.32. The minimum atomic E-state index is -0.0748. The van der Waals surface area contributed by atoms with Gasteiger partial charge in [0.1, 0.15) is 13.2 Å². The zero-order valence-corrected chi connectivity index (χ0v) is 18.5. The molecule has 6 heteroatoms. The highest BCUT2D eigenvalue weighted by Crippen LogP contribution is 2.40. The molecule has 1 heterocycles. The highest BCUT2D eigenvalue weighted by atomic mass is 16.6. The monoisotopic (exact) mass is 403 g/mol. The molecule has 1 aliphatic carbocycles. The van der Waals surface area contributed by atoms with Gasteiger partial charge in [0.25, 0.3) is 0 Å². The topological polar surface area (TPSA) is 64.1 Å². The first-order valence-corrected chi connectivity index (χ1v) is 10.8. The van der Waals surface area contributed by atoms with Crippen LogP contribution >= 0.6 is 0 Å². The first-order valence-electron chi connectivity index (χ1n) is 10.8. The molecule has 1 aliphatic heterocycles. The molecule has 0 atom stereocenters. The van der Waals surface area contributed by atoms with Gasteiger partial charge in [0.05, 0.1) is 0 Å². The van der Waals surface area contributed by atoms with Gasteiger partial charge in [-0.05, 0) is 42.4 Å². The van der Waals surface area contributed by atoms with Gasteiger partial charge >= 0.3 is 0 Å². The Morgan fingerprint density at radius 3 is 2.55 bits per heavy atom. The molecule has 0 radical (unpaired) electrons. The second kappa shape index (κ2) is 9.70. The quantitative estimate of drug-likeness (QED) is 0.514. The smallest absolute Gasteiger partial charge is 0.191 e. The number of nitrogens with zero attached hydrogens (tertiary/aromatic N) is 1. The average Bonchev–Trinajstić information content (AvgIpc) is 3.21. The van der Waals surface area contributed by atoms with Crippen LogP contribution in [0.25, 0.3) is 0 Å². The molecule has 3 rings (SSSR count). The van der Waals surface area contributed by atoms with Crippen LogP contribution in [-0.4, -0.2) is 53.0 Å². The summed E-state index contributed by atoms with van der Waals surface area (Å²) in [6.45, 7) is 8.23. The van der Waals surface area contributed by atoms with Crippen molar-refractivity contribution in [3.8, 4) is 11.5 Å². The van der Waals surface area contributed by atoms with E-state index in [4.69, 9.17) is 14.2 Å². The van der Waals surface area contributed by atoms with Gasteiger partial charge in [0, 0.05) is 39.3 Å². The second-order valence-corrected chi connectivity index (χ2v) is 8.97. The summed E-state index contributed by atoms with van der Waals surface area (Å²) >= 11 is 0. The molecule has 162 valence electrons. The fourth-order valence-electron chi connectivity index (χ4n) is 4.32. The van der Waals surface area contributed by atoms with E-state index in [-0.39, 0.29) is 5.41 Å². The molecule has 1 aromatic carbocycles. The SMILES string of the molecule is CN=C(NCC1(CCOC)CCCC1)NCC(C)(C)c1ccc2c(c1)OCCO2. The van der Waals surface area contributed by atoms with Crippen LogP contribution in [0.1, 0.15) is 51.5 Å². The number of benzene rings is 1. The van der Waals surface area contributed by atoms with Crippen molar-refractivity contribution in [2.45, 2.75) is 51.4 Å². The summed E-state index contributed by atoms with van der Waals surface area (Å²) in [5, 5.41) is 7.09. The normalized spacial score (nSPS) is 18.6. The number of guanidine groups is 1. The van der Waals surface area contributed by atoms with E-state index in [0.29, 0.717) is 18.6 Å². The number of fused-ring (bicyclic) bond motifs is 1. The maximum Gasteiger partial charge on any atom is 0.191 e. The number of methoxy groups -OCH3 is 1. The lowest BCUT2D eigenvalue weighted by molar-refractivity contribution is 0.138. The van der Waals surface area contributed by atoms with Crippen LogP contribution in [0.5, 0.6) is 11.5 Å². The maximum absolute atomic E-state index is 5.75. The molecular formula is C23H37N3O3. The van der Waals surface area contributed by atoms with Crippen LogP contribution < -0.4 is 20.1 Å². The van der Waals surface area contributed by atoms with Gasteiger partial charge in [0.15, 0.2) is 17.5 Å². The molecule has 2 aliphatic rings. The van der Waals surface area contributed by atoms with E-state index in [9.17, 15) is 0 Å². The average molecular weight is 404 g/mol. The summed E-state index contributed by atoms with van der Waals surface area (Å²) in [7, 11) is 3.62. The van der Waals surface area contributed by atoms with E-state index in [1.165, 1.54) is 31.2 Å². The Labute approximate surface area is 175 Å². The van der Waals surface area contributed by atoms with Gasteiger partial charge in [-0.15, -0.1) is 0 Å². The van der Waals surface area contributed by atoms with E-state index >= 15 is 0 Å². The molecule has 2 N–H and O–H groups in total. The summed E-state index contributed by atoms with van der Waals surface area (Å²) in [5.41, 5.74) is 1.48. The van der Waals surface area contributed by atoms with E-state index < -0.39 is 0 Å². The molecule has 6 nitrogen and oxygen atoms in total. The van der Waals surface area contributed by atoms with E-state index in [1.807, 2.05) is 13.1 Å². The van der Waals surface area contributed by atoms with Crippen molar-refractivity contribution in [1.29, 1.82) is 0 Å². The van der Waals surface area contributed by atoms with Crippen molar-refractivity contribution in [2.75, 3.05) is 47.1 Å². The van der Waals surface area contributed by atoms with Crippen molar-refractivity contribution in [1.82, 2.24) is 10.6 Å². The lowest BCUT2D eigenvalue weighted by Crippen LogP contribution is -2.46. The lowest BCUT2D eigenvalue weighted by Gasteiger charge is -2.31. The minimum Gasteiger partial charge on any atom is -0.486 e. The van der Waals surface area contributed by atoms with Crippen LogP contribution in [0.2, 0.25) is 0 Å². The summed E-state index contributed by atoms with van der Waals surface area (Å²) in [4.78, 5) is 4.45. The van der Waals surface area contributed by atoms with Gasteiger partial charge in [-0.25, -0.2) is 0 Å². The molecule has 1 saturated carbocycles. The Hall–Kier alpha value is -1.95. The standard InChI is InChI=1S/C23H37N3O3/c1-22(2,18-7-8-19-20(15-18)29-14-13-28-19)16-25-21(24-3)26-17-23(11-12-27-4)9-5-6-10-23/h7-8,15H,5-6,9-14,16-17H2,1-4H3,(H2,24,25,26). The van der Waals surface area contributed by atoms with Crippen LogP contribution in [0.3, 0.4) is 0 Å². The van der Waals surface area contributed by atoms with Crippen LogP contribution in [0, 0.1) is 5.41 Å². The van der Waals surface area contributed by atoms with Crippen LogP contribution in [0.4, 0.5) is 0 Å². The predicted molar refractivity (Wildman–Crippen MR) is 117 cm³/mol. The van der Waals surface area contributed by atoms with Gasteiger partial charge in [-0.1, -0.05) is 32.8 Å². The molecular weight excluding hydrogens is 366 g/mol. The zero-order chi connectivity index (χ0) is 20.7. The molecule has 1 aromatic rings. The second-order valence-electron chi connectivity index (χ2n) is 8.97. The van der Waals surface area contributed by atoms with E-state index in [2.05, 4.69) is 41.6 Å². The molecule has 1 fully saturated rings. The number of hydrogen-bond acceptors (Lipinski definition) is 4. The van der Waals surface area contributed by atoms with Crippen LogP contribution in [-0.2, 0) is 10.2 Å². The summed E-state index contributed by atoms with van der Waals surface area (Å²) < 4.78 is 16.7. The number of ether oxygens (including phenoxy) is 3. The van der Waals surface area contributed by atoms with E-state index in [0.717, 1.165) is 43.6 Å². The third-order valence-electron chi connectivity index (χ3n) is 6.38. The largest absolute Gasteiger partial charge is 0.486 e. The molecule has 0 amide bonds. The molecule has 0 saturated heterocycles. The van der Waals surface area contributed by atoms with Crippen molar-refractivity contribution in [2.24, 2.45) is 10.4 Å². The highest BCUT2D eigenvalue weighted by molar-refractivity contribution is 5.79. The minimum absolute atomic E-state index is 0.0748. The summed E-state index contributed by atoms with van der Waals surface area (Å²) in [5.74, 6) is 2.53. The third-order valence-corrected chi connectivity index (χ3v) is 6.38. The molecule has 0 spiro atoms. The molecule has 0 bridgehead atoms.